The van der Waals surface area contributed by atoms with Gasteiger partial charge >= 0.3 is 0 Å². The molecule has 0 aliphatic heterocycles. The van der Waals surface area contributed by atoms with Crippen LogP contribution in [0, 0.1) is 12.7 Å². The smallest absolute Gasteiger partial charge is 0.184 e. The third-order valence-corrected chi connectivity index (χ3v) is 5.35. The molecule has 2 heterocycles. The molecule has 2 aromatic heterocycles. The average Bonchev–Trinajstić information content (AvgIpc) is 3.09. The van der Waals surface area contributed by atoms with Gasteiger partial charge in [0.2, 0.25) is 0 Å². The Morgan fingerprint density at radius 3 is 2.83 bits per heavy atom. The zero-order valence-electron chi connectivity index (χ0n) is 12.4. The lowest BCUT2D eigenvalue weighted by molar-refractivity contribution is 0.510. The van der Waals surface area contributed by atoms with E-state index in [2.05, 4.69) is 9.71 Å². The first kappa shape index (κ1) is 15.7. The maximum atomic E-state index is 13.4. The predicted molar refractivity (Wildman–Crippen MR) is 98.7 cm³/mol. The monoisotopic (exact) mass is 380 g/mol. The molecule has 4 aromatic rings. The molecule has 0 saturated carbocycles. The molecule has 3 nitrogen and oxygen atoms in total. The van der Waals surface area contributed by atoms with Gasteiger partial charge in [-0.05, 0) is 37.3 Å². The molecule has 0 radical (unpaired) electrons. The summed E-state index contributed by atoms with van der Waals surface area (Å²) in [6, 6.07) is 8.14. The quantitative estimate of drug-likeness (QED) is 0.384. The standard InChI is InChI=1S/C17H11Cl2FN2OS/c1-8-10-6-9(20)2-5-14(10)23-17(8)24-22-13-4-3-11(18)15-12(19)7-21-16(13)15/h2-7,21-22H,1H3. The zero-order valence-corrected chi connectivity index (χ0v) is 14.7. The number of hydrogen-bond donors (Lipinski definition) is 2. The van der Waals surface area contributed by atoms with E-state index in [0.717, 1.165) is 27.5 Å². The highest BCUT2D eigenvalue weighted by molar-refractivity contribution is 8.00. The number of aromatic nitrogens is 1. The summed E-state index contributed by atoms with van der Waals surface area (Å²) in [5, 5.41) is 3.37. The molecule has 0 bridgehead atoms. The van der Waals surface area contributed by atoms with Crippen LogP contribution in [0.15, 0.2) is 46.0 Å². The number of benzene rings is 2. The van der Waals surface area contributed by atoms with Gasteiger partial charge in [0, 0.05) is 34.5 Å². The molecule has 2 N–H and O–H groups in total. The van der Waals surface area contributed by atoms with Crippen LogP contribution in [0.25, 0.3) is 21.9 Å². The van der Waals surface area contributed by atoms with Gasteiger partial charge in [-0.25, -0.2) is 4.39 Å². The van der Waals surface area contributed by atoms with Gasteiger partial charge in [-0.2, -0.15) is 0 Å². The summed E-state index contributed by atoms with van der Waals surface area (Å²) in [6.45, 7) is 1.90. The minimum absolute atomic E-state index is 0.281. The molecule has 7 heteroatoms. The molecule has 0 unspecified atom stereocenters. The normalized spacial score (nSPS) is 11.5. The van der Waals surface area contributed by atoms with Crippen molar-refractivity contribution in [2.24, 2.45) is 0 Å². The number of aromatic amines is 1. The third-order valence-electron chi connectivity index (χ3n) is 3.84. The van der Waals surface area contributed by atoms with Crippen molar-refractivity contribution in [2.45, 2.75) is 12.0 Å². The number of hydrogen-bond acceptors (Lipinski definition) is 3. The predicted octanol–water partition coefficient (Wildman–Crippen LogP) is 6.79. The van der Waals surface area contributed by atoms with E-state index in [1.807, 2.05) is 13.0 Å². The molecule has 24 heavy (non-hydrogen) atoms. The van der Waals surface area contributed by atoms with Crippen molar-refractivity contribution in [3.05, 3.63) is 58.0 Å². The second-order valence-electron chi connectivity index (χ2n) is 5.34. The summed E-state index contributed by atoms with van der Waals surface area (Å²) in [4.78, 5) is 3.11. The first-order valence-corrected chi connectivity index (χ1v) is 8.68. The summed E-state index contributed by atoms with van der Waals surface area (Å²) in [6.07, 6.45) is 1.70. The topological polar surface area (TPSA) is 41.0 Å². The molecule has 0 aliphatic rings. The Balaban J connectivity index is 1.68. The summed E-state index contributed by atoms with van der Waals surface area (Å²) < 4.78 is 22.4. The van der Waals surface area contributed by atoms with Crippen LogP contribution < -0.4 is 4.72 Å². The van der Waals surface area contributed by atoms with E-state index < -0.39 is 0 Å². The molecule has 2 aromatic carbocycles. The van der Waals surface area contributed by atoms with Gasteiger partial charge in [0.1, 0.15) is 11.4 Å². The summed E-state index contributed by atoms with van der Waals surface area (Å²) >= 11 is 13.7. The average molecular weight is 381 g/mol. The highest BCUT2D eigenvalue weighted by Crippen LogP contribution is 2.38. The Kier molecular flexibility index (Phi) is 3.87. The van der Waals surface area contributed by atoms with Crippen molar-refractivity contribution in [1.82, 2.24) is 4.98 Å². The lowest BCUT2D eigenvalue weighted by atomic mass is 10.2. The molecule has 0 aliphatic carbocycles. The Labute approximate surface area is 151 Å². The number of nitrogens with one attached hydrogen (secondary N) is 2. The molecular weight excluding hydrogens is 370 g/mol. The Bertz CT molecular complexity index is 1070. The summed E-state index contributed by atoms with van der Waals surface area (Å²) in [5.41, 5.74) is 3.19. The molecule has 4 rings (SSSR count). The van der Waals surface area contributed by atoms with Gasteiger partial charge in [-0.3, -0.25) is 0 Å². The first-order valence-electron chi connectivity index (χ1n) is 7.11. The van der Waals surface area contributed by atoms with Crippen LogP contribution in [-0.4, -0.2) is 4.98 Å². The van der Waals surface area contributed by atoms with E-state index in [0.29, 0.717) is 20.7 Å². The molecule has 0 atom stereocenters. The van der Waals surface area contributed by atoms with Gasteiger partial charge in [-0.15, -0.1) is 0 Å². The van der Waals surface area contributed by atoms with Crippen LogP contribution in [0.3, 0.4) is 0 Å². The Morgan fingerprint density at radius 2 is 2.00 bits per heavy atom. The van der Waals surface area contributed by atoms with Gasteiger partial charge in [-0.1, -0.05) is 23.2 Å². The lowest BCUT2D eigenvalue weighted by Crippen LogP contribution is -1.88. The van der Waals surface area contributed by atoms with Gasteiger partial charge in [0.15, 0.2) is 5.09 Å². The van der Waals surface area contributed by atoms with Crippen LogP contribution in [-0.2, 0) is 0 Å². The SMILES string of the molecule is Cc1c(SNc2ccc(Cl)c3c(Cl)c[nH]c23)oc2ccc(F)cc12. The van der Waals surface area contributed by atoms with Crippen LogP contribution in [0.2, 0.25) is 10.0 Å². The molecule has 0 amide bonds. The fourth-order valence-electron chi connectivity index (χ4n) is 2.62. The number of furan rings is 1. The third kappa shape index (κ3) is 2.53. The van der Waals surface area contributed by atoms with E-state index in [4.69, 9.17) is 27.6 Å². The number of anilines is 1. The number of rotatable bonds is 3. The maximum Gasteiger partial charge on any atom is 0.184 e. The van der Waals surface area contributed by atoms with Gasteiger partial charge < -0.3 is 14.1 Å². The van der Waals surface area contributed by atoms with Gasteiger partial charge in [0.05, 0.1) is 21.2 Å². The van der Waals surface area contributed by atoms with Gasteiger partial charge in [0.25, 0.3) is 0 Å². The first-order chi connectivity index (χ1) is 11.5. The van der Waals surface area contributed by atoms with E-state index in [9.17, 15) is 4.39 Å². The fraction of sp³-hybridized carbons (Fsp3) is 0.0588. The molecule has 0 spiro atoms. The van der Waals surface area contributed by atoms with Crippen molar-refractivity contribution in [3.63, 3.8) is 0 Å². The molecule has 0 fully saturated rings. The minimum atomic E-state index is -0.281. The number of H-pyrrole nitrogens is 1. The van der Waals surface area contributed by atoms with Crippen molar-refractivity contribution >= 4 is 62.7 Å². The lowest BCUT2D eigenvalue weighted by Gasteiger charge is -2.06. The Morgan fingerprint density at radius 1 is 1.17 bits per heavy atom. The van der Waals surface area contributed by atoms with Crippen LogP contribution >= 0.6 is 35.1 Å². The van der Waals surface area contributed by atoms with E-state index >= 15 is 0 Å². The number of halogens is 3. The number of fused-ring (bicyclic) bond motifs is 2. The van der Waals surface area contributed by atoms with Crippen LogP contribution in [0.4, 0.5) is 10.1 Å². The fourth-order valence-corrected chi connectivity index (χ4v) is 3.95. The summed E-state index contributed by atoms with van der Waals surface area (Å²) in [5.74, 6) is -0.281. The van der Waals surface area contributed by atoms with Crippen molar-refractivity contribution in [1.29, 1.82) is 0 Å². The van der Waals surface area contributed by atoms with E-state index in [1.165, 1.54) is 24.1 Å². The number of aryl methyl sites for hydroxylation is 1. The minimum Gasteiger partial charge on any atom is -0.448 e. The molecule has 122 valence electrons. The van der Waals surface area contributed by atoms with E-state index in [1.54, 1.807) is 18.3 Å². The molecule has 0 saturated heterocycles. The second-order valence-corrected chi connectivity index (χ2v) is 6.93. The second kappa shape index (κ2) is 5.92. The Hall–Kier alpha value is -1.82. The largest absolute Gasteiger partial charge is 0.448 e. The van der Waals surface area contributed by atoms with Crippen molar-refractivity contribution in [3.8, 4) is 0 Å². The maximum absolute atomic E-state index is 13.4. The zero-order chi connectivity index (χ0) is 16.8. The summed E-state index contributed by atoms with van der Waals surface area (Å²) in [7, 11) is 0. The van der Waals surface area contributed by atoms with Crippen LogP contribution in [0.1, 0.15) is 5.56 Å². The highest BCUT2D eigenvalue weighted by Gasteiger charge is 2.14. The van der Waals surface area contributed by atoms with Crippen molar-refractivity contribution < 1.29 is 8.81 Å². The highest BCUT2D eigenvalue weighted by atomic mass is 35.5. The van der Waals surface area contributed by atoms with E-state index in [-0.39, 0.29) is 5.82 Å². The van der Waals surface area contributed by atoms with Crippen LogP contribution in [0.5, 0.6) is 0 Å². The van der Waals surface area contributed by atoms with Crippen molar-refractivity contribution in [2.75, 3.05) is 4.72 Å². The molecular formula is C17H11Cl2FN2OS.